The molecule has 1 aromatic carbocycles. The Bertz CT molecular complexity index is 476. The molecule has 0 saturated carbocycles. The van der Waals surface area contributed by atoms with Gasteiger partial charge in [-0.1, -0.05) is 0 Å². The number of nitrogens with two attached hydrogens (primary N) is 1. The van der Waals surface area contributed by atoms with E-state index in [9.17, 15) is 4.79 Å². The van der Waals surface area contributed by atoms with Crippen molar-refractivity contribution in [2.24, 2.45) is 0 Å². The van der Waals surface area contributed by atoms with Crippen molar-refractivity contribution in [3.05, 3.63) is 23.8 Å². The molecule has 1 aliphatic rings. The summed E-state index contributed by atoms with van der Waals surface area (Å²) in [6, 6.07) is 5.53. The van der Waals surface area contributed by atoms with Crippen molar-refractivity contribution >= 4 is 11.7 Å². The van der Waals surface area contributed by atoms with Crippen LogP contribution in [0.25, 0.3) is 0 Å². The second kappa shape index (κ2) is 6.61. The first-order valence-corrected chi connectivity index (χ1v) is 6.92. The minimum Gasteiger partial charge on any atom is -0.491 e. The third-order valence-corrected chi connectivity index (χ3v) is 3.81. The van der Waals surface area contributed by atoms with Crippen LogP contribution in [0.1, 0.15) is 29.6 Å². The van der Waals surface area contributed by atoms with Crippen LogP contribution in [0.2, 0.25) is 0 Å². The van der Waals surface area contributed by atoms with Gasteiger partial charge in [0.05, 0.1) is 25.0 Å². The molecule has 110 valence electrons. The average molecular weight is 278 g/mol. The second-order valence-electron chi connectivity index (χ2n) is 5.16. The monoisotopic (exact) mass is 278 g/mol. The first-order chi connectivity index (χ1) is 9.61. The minimum absolute atomic E-state index is 0.384. The van der Waals surface area contributed by atoms with Crippen molar-refractivity contribution in [3.8, 4) is 5.75 Å². The van der Waals surface area contributed by atoms with Crippen LogP contribution >= 0.6 is 0 Å². The van der Waals surface area contributed by atoms with E-state index < -0.39 is 0 Å². The zero-order chi connectivity index (χ0) is 14.5. The Morgan fingerprint density at radius 3 is 2.95 bits per heavy atom. The van der Waals surface area contributed by atoms with Crippen molar-refractivity contribution in [3.63, 3.8) is 0 Å². The lowest BCUT2D eigenvalue weighted by molar-refractivity contribution is 0.0600. The molecule has 1 atom stereocenters. The number of nitrogens with zero attached hydrogens (tertiary/aromatic N) is 1. The zero-order valence-electron chi connectivity index (χ0n) is 12.1. The van der Waals surface area contributed by atoms with E-state index in [-0.39, 0.29) is 5.97 Å². The van der Waals surface area contributed by atoms with Gasteiger partial charge >= 0.3 is 5.97 Å². The molecule has 20 heavy (non-hydrogen) atoms. The van der Waals surface area contributed by atoms with Gasteiger partial charge in [0.1, 0.15) is 5.75 Å². The fourth-order valence-electron chi connectivity index (χ4n) is 2.55. The molecule has 2 N–H and O–H groups in total. The average Bonchev–Trinajstić information content (AvgIpc) is 2.85. The number of hydrogen-bond donors (Lipinski definition) is 1. The summed E-state index contributed by atoms with van der Waals surface area (Å²) in [7, 11) is 3.50. The molecule has 0 aliphatic carbocycles. The number of carbonyl (C=O) groups excluding carboxylic acids is 1. The highest BCUT2D eigenvalue weighted by atomic mass is 16.5. The van der Waals surface area contributed by atoms with Gasteiger partial charge < -0.3 is 20.1 Å². The summed E-state index contributed by atoms with van der Waals surface area (Å²) in [4.78, 5) is 13.8. The Labute approximate surface area is 119 Å². The lowest BCUT2D eigenvalue weighted by Crippen LogP contribution is -2.26. The number of anilines is 1. The van der Waals surface area contributed by atoms with E-state index in [0.717, 1.165) is 13.0 Å². The Hall–Kier alpha value is -1.75. The van der Waals surface area contributed by atoms with Crippen LogP contribution in [0.5, 0.6) is 5.75 Å². The molecule has 1 heterocycles. The van der Waals surface area contributed by atoms with Crippen LogP contribution in [0.4, 0.5) is 5.69 Å². The van der Waals surface area contributed by atoms with Crippen LogP contribution in [0, 0.1) is 0 Å². The highest BCUT2D eigenvalue weighted by molar-refractivity contribution is 5.90. The zero-order valence-corrected chi connectivity index (χ0v) is 12.1. The van der Waals surface area contributed by atoms with E-state index in [1.807, 2.05) is 0 Å². The predicted octanol–water partition coefficient (Wildman–Crippen LogP) is 1.92. The molecule has 0 amide bonds. The van der Waals surface area contributed by atoms with Gasteiger partial charge in [0.2, 0.25) is 0 Å². The molecule has 0 bridgehead atoms. The van der Waals surface area contributed by atoms with Gasteiger partial charge in [0.15, 0.2) is 0 Å². The van der Waals surface area contributed by atoms with Gasteiger partial charge in [0.25, 0.3) is 0 Å². The molecule has 1 saturated heterocycles. The van der Waals surface area contributed by atoms with Gasteiger partial charge in [-0.25, -0.2) is 4.79 Å². The van der Waals surface area contributed by atoms with Crippen LogP contribution < -0.4 is 10.5 Å². The van der Waals surface area contributed by atoms with E-state index in [4.69, 9.17) is 10.5 Å². The van der Waals surface area contributed by atoms with Crippen molar-refractivity contribution in [1.29, 1.82) is 0 Å². The maximum atomic E-state index is 11.5. The Morgan fingerprint density at radius 2 is 2.30 bits per heavy atom. The lowest BCUT2D eigenvalue weighted by atomic mass is 10.1. The summed E-state index contributed by atoms with van der Waals surface area (Å²) < 4.78 is 10.4. The molecular weight excluding hydrogens is 256 g/mol. The molecule has 5 nitrogen and oxygen atoms in total. The van der Waals surface area contributed by atoms with Gasteiger partial charge in [-0.3, -0.25) is 0 Å². The SMILES string of the molecule is COC(=O)c1ccc(N)c(OCCC2CCCN2C)c1. The van der Waals surface area contributed by atoms with Crippen LogP contribution in [-0.4, -0.2) is 44.2 Å². The highest BCUT2D eigenvalue weighted by Crippen LogP contribution is 2.24. The quantitative estimate of drug-likeness (QED) is 0.658. The van der Waals surface area contributed by atoms with Crippen LogP contribution in [-0.2, 0) is 4.74 Å². The second-order valence-corrected chi connectivity index (χ2v) is 5.16. The summed E-state index contributed by atoms with van der Waals surface area (Å²) >= 11 is 0. The van der Waals surface area contributed by atoms with Crippen molar-refractivity contribution in [2.45, 2.75) is 25.3 Å². The number of esters is 1. The molecule has 1 aromatic rings. The van der Waals surface area contributed by atoms with Crippen LogP contribution in [0.15, 0.2) is 18.2 Å². The van der Waals surface area contributed by atoms with E-state index in [1.165, 1.54) is 20.0 Å². The third-order valence-electron chi connectivity index (χ3n) is 3.81. The maximum absolute atomic E-state index is 11.5. The maximum Gasteiger partial charge on any atom is 0.337 e. The highest BCUT2D eigenvalue weighted by Gasteiger charge is 2.20. The van der Waals surface area contributed by atoms with Crippen molar-refractivity contribution < 1.29 is 14.3 Å². The number of benzene rings is 1. The first-order valence-electron chi connectivity index (χ1n) is 6.92. The molecule has 0 spiro atoms. The molecule has 0 aromatic heterocycles. The van der Waals surface area contributed by atoms with Crippen molar-refractivity contribution in [2.75, 3.05) is 33.0 Å². The fourth-order valence-corrected chi connectivity index (χ4v) is 2.55. The molecular formula is C15H22N2O3. The molecule has 2 rings (SSSR count). The number of ether oxygens (including phenoxy) is 2. The Kier molecular flexibility index (Phi) is 4.84. The number of carbonyl (C=O) groups is 1. The van der Waals surface area contributed by atoms with Crippen LogP contribution in [0.3, 0.4) is 0 Å². The summed E-state index contributed by atoms with van der Waals surface area (Å²) in [6.07, 6.45) is 3.44. The third kappa shape index (κ3) is 3.42. The van der Waals surface area contributed by atoms with E-state index >= 15 is 0 Å². The van der Waals surface area contributed by atoms with Crippen molar-refractivity contribution in [1.82, 2.24) is 4.90 Å². The topological polar surface area (TPSA) is 64.8 Å². The van der Waals surface area contributed by atoms with Gasteiger partial charge in [-0.2, -0.15) is 0 Å². The molecule has 5 heteroatoms. The summed E-state index contributed by atoms with van der Waals surface area (Å²) in [5.41, 5.74) is 6.86. The van der Waals surface area contributed by atoms with Gasteiger partial charge in [-0.15, -0.1) is 0 Å². The minimum atomic E-state index is -0.384. The fraction of sp³-hybridized carbons (Fsp3) is 0.533. The largest absolute Gasteiger partial charge is 0.491 e. The molecule has 1 unspecified atom stereocenters. The molecule has 0 radical (unpaired) electrons. The Balaban J connectivity index is 1.93. The predicted molar refractivity (Wildman–Crippen MR) is 78.0 cm³/mol. The summed E-state index contributed by atoms with van der Waals surface area (Å²) in [5.74, 6) is 0.166. The number of hydrogen-bond acceptors (Lipinski definition) is 5. The molecule has 1 fully saturated rings. The summed E-state index contributed by atoms with van der Waals surface area (Å²) in [5, 5.41) is 0. The first kappa shape index (κ1) is 14.7. The number of methoxy groups -OCH3 is 1. The van der Waals surface area contributed by atoms with Gasteiger partial charge in [0, 0.05) is 6.04 Å². The normalized spacial score (nSPS) is 19.0. The smallest absolute Gasteiger partial charge is 0.337 e. The van der Waals surface area contributed by atoms with Gasteiger partial charge in [-0.05, 0) is 51.1 Å². The number of likely N-dealkylation sites (tertiary alicyclic amines) is 1. The Morgan fingerprint density at radius 1 is 1.50 bits per heavy atom. The lowest BCUT2D eigenvalue weighted by Gasteiger charge is -2.19. The molecule has 1 aliphatic heterocycles. The van der Waals surface area contributed by atoms with E-state index in [1.54, 1.807) is 18.2 Å². The van der Waals surface area contributed by atoms with E-state index in [0.29, 0.717) is 29.6 Å². The standard InChI is InChI=1S/C15H22N2O3/c1-17-8-3-4-12(17)7-9-20-14-10-11(15(18)19-2)5-6-13(14)16/h5-6,10,12H,3-4,7-9,16H2,1-2H3. The van der Waals surface area contributed by atoms with E-state index in [2.05, 4.69) is 16.7 Å². The number of rotatable bonds is 5. The number of nitrogen functional groups attached to an aromatic ring is 1. The summed E-state index contributed by atoms with van der Waals surface area (Å²) in [6.45, 7) is 1.76.